The largest absolute Gasteiger partial charge is 0.481 e. The van der Waals surface area contributed by atoms with Gasteiger partial charge in [-0.05, 0) is 12.1 Å². The summed E-state index contributed by atoms with van der Waals surface area (Å²) in [4.78, 5) is 20.2. The van der Waals surface area contributed by atoms with Crippen LogP contribution in [0.15, 0.2) is 30.6 Å². The smallest absolute Gasteiger partial charge is 0.282 e. The van der Waals surface area contributed by atoms with Crippen molar-refractivity contribution < 1.29 is 18.3 Å². The number of pyridine rings is 1. The molecule has 2 aromatic rings. The van der Waals surface area contributed by atoms with Gasteiger partial charge in [-0.25, -0.2) is 13.8 Å². The molecule has 0 spiro atoms. The van der Waals surface area contributed by atoms with Gasteiger partial charge in [0.1, 0.15) is 6.04 Å². The van der Waals surface area contributed by atoms with Crippen LogP contribution in [0.4, 0.5) is 8.78 Å². The Bertz CT molecular complexity index is 817. The molecule has 0 aromatic carbocycles. The van der Waals surface area contributed by atoms with E-state index in [1.807, 2.05) is 18.2 Å². The van der Waals surface area contributed by atoms with Crippen molar-refractivity contribution in [3.63, 3.8) is 0 Å². The normalized spacial score (nSPS) is 21.8. The molecule has 0 saturated carbocycles. The second kappa shape index (κ2) is 6.31. The van der Waals surface area contributed by atoms with E-state index in [1.165, 1.54) is 4.90 Å². The Morgan fingerprint density at radius 1 is 1.35 bits per heavy atom. The number of aromatic nitrogens is 3. The van der Waals surface area contributed by atoms with Gasteiger partial charge in [-0.15, -0.1) is 0 Å². The number of halogens is 2. The van der Waals surface area contributed by atoms with Crippen molar-refractivity contribution in [2.45, 2.75) is 25.1 Å². The highest BCUT2D eigenvalue weighted by Crippen LogP contribution is 2.31. The number of carbonyl (C=O) groups excluding carboxylic acids is 1. The second-order valence-electron chi connectivity index (χ2n) is 6.67. The lowest BCUT2D eigenvalue weighted by atomic mass is 10.1. The first kappa shape index (κ1) is 16.9. The molecule has 1 saturated heterocycles. The number of fused-ring (bicyclic) bond motifs is 1. The summed E-state index contributed by atoms with van der Waals surface area (Å²) in [7, 11) is 1.56. The molecule has 26 heavy (non-hydrogen) atoms. The molecule has 0 unspecified atom stereocenters. The lowest BCUT2D eigenvalue weighted by Gasteiger charge is -2.42. The summed E-state index contributed by atoms with van der Waals surface area (Å²) in [5.74, 6) is -2.55. The molecule has 2 aliphatic heterocycles. The molecule has 138 valence electrons. The van der Waals surface area contributed by atoms with Gasteiger partial charge in [-0.1, -0.05) is 6.07 Å². The molecule has 2 aliphatic rings. The van der Waals surface area contributed by atoms with E-state index in [0.29, 0.717) is 25.5 Å². The Hall–Kier alpha value is -2.55. The predicted molar refractivity (Wildman–Crippen MR) is 87.7 cm³/mol. The van der Waals surface area contributed by atoms with E-state index in [4.69, 9.17) is 4.74 Å². The maximum atomic E-state index is 13.2. The zero-order valence-electron chi connectivity index (χ0n) is 14.3. The maximum Gasteiger partial charge on any atom is 0.282 e. The standard InChI is InChI=1S/C17H19F2N5O2/c1-26-15-12(3-2-5-20-15)7-22-8-13-4-6-21-24(13)14(9-22)16(25)23-10-17(18,19)11-23/h2-6,14H,7-11H2,1H3/t14-/m0/s1. The Labute approximate surface area is 149 Å². The van der Waals surface area contributed by atoms with E-state index in [1.54, 1.807) is 24.2 Å². The van der Waals surface area contributed by atoms with E-state index >= 15 is 0 Å². The van der Waals surface area contributed by atoms with Crippen LogP contribution in [0.25, 0.3) is 0 Å². The van der Waals surface area contributed by atoms with Crippen LogP contribution in [-0.4, -0.2) is 63.1 Å². The first-order valence-electron chi connectivity index (χ1n) is 8.36. The van der Waals surface area contributed by atoms with Crippen LogP contribution in [0.1, 0.15) is 17.3 Å². The lowest BCUT2D eigenvalue weighted by Crippen LogP contribution is -2.61. The quantitative estimate of drug-likeness (QED) is 0.820. The molecule has 1 fully saturated rings. The fourth-order valence-corrected chi connectivity index (χ4v) is 3.51. The highest BCUT2D eigenvalue weighted by molar-refractivity contribution is 5.82. The third-order valence-corrected chi connectivity index (χ3v) is 4.74. The van der Waals surface area contributed by atoms with Crippen LogP contribution in [0.5, 0.6) is 5.88 Å². The third kappa shape index (κ3) is 3.03. The number of hydrogen-bond acceptors (Lipinski definition) is 5. The summed E-state index contributed by atoms with van der Waals surface area (Å²) in [6, 6.07) is 4.99. The number of ether oxygens (including phenoxy) is 1. The Morgan fingerprint density at radius 3 is 2.88 bits per heavy atom. The Kier molecular flexibility index (Phi) is 4.10. The summed E-state index contributed by atoms with van der Waals surface area (Å²) in [5.41, 5.74) is 1.79. The van der Waals surface area contributed by atoms with Crippen molar-refractivity contribution >= 4 is 5.91 Å². The molecule has 7 nitrogen and oxygen atoms in total. The van der Waals surface area contributed by atoms with Crippen molar-refractivity contribution in [3.8, 4) is 5.88 Å². The SMILES string of the molecule is COc1ncccc1CN1Cc2ccnn2[C@H](C(=O)N2CC(F)(F)C2)C1. The van der Waals surface area contributed by atoms with Gasteiger partial charge in [0.15, 0.2) is 0 Å². The highest BCUT2D eigenvalue weighted by atomic mass is 19.3. The van der Waals surface area contributed by atoms with Gasteiger partial charge in [0.25, 0.3) is 5.92 Å². The van der Waals surface area contributed by atoms with E-state index in [0.717, 1.165) is 11.3 Å². The molecular weight excluding hydrogens is 344 g/mol. The summed E-state index contributed by atoms with van der Waals surface area (Å²) >= 11 is 0. The van der Waals surface area contributed by atoms with Gasteiger partial charge in [0.2, 0.25) is 11.8 Å². The topological polar surface area (TPSA) is 63.5 Å². The number of alkyl halides is 2. The van der Waals surface area contributed by atoms with E-state index in [9.17, 15) is 13.6 Å². The minimum Gasteiger partial charge on any atom is -0.481 e. The van der Waals surface area contributed by atoms with Crippen molar-refractivity contribution in [1.29, 1.82) is 0 Å². The minimum atomic E-state index is -2.78. The molecule has 0 N–H and O–H groups in total. The first-order chi connectivity index (χ1) is 12.5. The number of carbonyl (C=O) groups is 1. The number of hydrogen-bond donors (Lipinski definition) is 0. The van der Waals surface area contributed by atoms with Gasteiger partial charge < -0.3 is 9.64 Å². The van der Waals surface area contributed by atoms with Crippen molar-refractivity contribution in [2.75, 3.05) is 26.7 Å². The van der Waals surface area contributed by atoms with Crippen LogP contribution >= 0.6 is 0 Å². The fraction of sp³-hybridized carbons (Fsp3) is 0.471. The monoisotopic (exact) mass is 363 g/mol. The number of nitrogens with zero attached hydrogens (tertiary/aromatic N) is 5. The molecular formula is C17H19F2N5O2. The number of methoxy groups -OCH3 is 1. The molecule has 0 bridgehead atoms. The number of amides is 1. The maximum absolute atomic E-state index is 13.2. The molecule has 2 aromatic heterocycles. The predicted octanol–water partition coefficient (Wildman–Crippen LogP) is 1.32. The summed E-state index contributed by atoms with van der Waals surface area (Å²) in [6.07, 6.45) is 3.29. The molecule has 1 atom stereocenters. The average molecular weight is 363 g/mol. The van der Waals surface area contributed by atoms with Crippen LogP contribution in [0.2, 0.25) is 0 Å². The van der Waals surface area contributed by atoms with E-state index in [-0.39, 0.29) is 5.91 Å². The van der Waals surface area contributed by atoms with Crippen LogP contribution in [-0.2, 0) is 17.9 Å². The zero-order valence-corrected chi connectivity index (χ0v) is 14.3. The molecule has 9 heteroatoms. The van der Waals surface area contributed by atoms with E-state index in [2.05, 4.69) is 15.0 Å². The number of rotatable bonds is 4. The van der Waals surface area contributed by atoms with Crippen molar-refractivity contribution in [1.82, 2.24) is 24.6 Å². The van der Waals surface area contributed by atoms with Crippen molar-refractivity contribution in [2.24, 2.45) is 0 Å². The van der Waals surface area contributed by atoms with Gasteiger partial charge in [-0.2, -0.15) is 5.10 Å². The molecule has 0 radical (unpaired) electrons. The first-order valence-corrected chi connectivity index (χ1v) is 8.36. The van der Waals surface area contributed by atoms with Gasteiger partial charge >= 0.3 is 0 Å². The minimum absolute atomic E-state index is 0.316. The van der Waals surface area contributed by atoms with Crippen LogP contribution < -0.4 is 4.74 Å². The Morgan fingerprint density at radius 2 is 2.15 bits per heavy atom. The van der Waals surface area contributed by atoms with Gasteiger partial charge in [-0.3, -0.25) is 14.4 Å². The zero-order chi connectivity index (χ0) is 18.3. The molecule has 4 heterocycles. The number of likely N-dealkylation sites (tertiary alicyclic amines) is 1. The molecule has 0 aliphatic carbocycles. The lowest BCUT2D eigenvalue weighted by molar-refractivity contribution is -0.170. The summed E-state index contributed by atoms with van der Waals surface area (Å²) in [6.45, 7) is 0.512. The van der Waals surface area contributed by atoms with Crippen LogP contribution in [0, 0.1) is 0 Å². The molecule has 1 amide bonds. The van der Waals surface area contributed by atoms with Crippen LogP contribution in [0.3, 0.4) is 0 Å². The average Bonchev–Trinajstić information content (AvgIpc) is 3.07. The van der Waals surface area contributed by atoms with Crippen molar-refractivity contribution in [3.05, 3.63) is 41.9 Å². The summed E-state index contributed by atoms with van der Waals surface area (Å²) in [5, 5.41) is 4.23. The molecule has 4 rings (SSSR count). The third-order valence-electron chi connectivity index (χ3n) is 4.74. The highest BCUT2D eigenvalue weighted by Gasteiger charge is 2.48. The fourth-order valence-electron chi connectivity index (χ4n) is 3.51. The van der Waals surface area contributed by atoms with Gasteiger partial charge in [0.05, 0.1) is 25.9 Å². The van der Waals surface area contributed by atoms with E-state index < -0.39 is 25.1 Å². The second-order valence-corrected chi connectivity index (χ2v) is 6.67. The Balaban J connectivity index is 1.54. The summed E-state index contributed by atoms with van der Waals surface area (Å²) < 4.78 is 33.2. The van der Waals surface area contributed by atoms with Gasteiger partial charge in [0, 0.05) is 37.6 Å².